The van der Waals surface area contributed by atoms with Crippen molar-refractivity contribution in [3.8, 4) is 11.8 Å². The molecular formula is C29H38N3O3+. The van der Waals surface area contributed by atoms with Crippen LogP contribution in [-0.2, 0) is 21.5 Å². The minimum absolute atomic E-state index is 0.0638. The fraction of sp³-hybridized carbons (Fsp3) is 0.483. The maximum absolute atomic E-state index is 13.7. The summed E-state index contributed by atoms with van der Waals surface area (Å²) in [4.78, 5) is 26.0. The van der Waals surface area contributed by atoms with Crippen LogP contribution in [0.15, 0.2) is 54.6 Å². The number of rotatable bonds is 11. The number of benzene rings is 2. The minimum Gasteiger partial charge on any atom is -0.497 e. The Labute approximate surface area is 209 Å². The maximum Gasteiger partial charge on any atom is 0.314 e. The number of primary amides is 1. The second-order valence-electron chi connectivity index (χ2n) is 10.0. The number of nitrogens with two attached hydrogens (primary N) is 1. The van der Waals surface area contributed by atoms with Crippen molar-refractivity contribution >= 4 is 11.8 Å². The zero-order valence-electron chi connectivity index (χ0n) is 21.2. The molecule has 2 N–H and O–H groups in total. The number of carbonyl (C=O) groups excluding carboxylic acids is 2. The van der Waals surface area contributed by atoms with Crippen LogP contribution in [0.1, 0.15) is 63.5 Å². The van der Waals surface area contributed by atoms with Crippen LogP contribution in [-0.4, -0.2) is 36.0 Å². The topological polar surface area (TPSA) is 93.2 Å². The van der Waals surface area contributed by atoms with Gasteiger partial charge in [0.2, 0.25) is 0 Å². The lowest BCUT2D eigenvalue weighted by molar-refractivity contribution is -0.871. The molecule has 0 aromatic heterocycles. The van der Waals surface area contributed by atoms with Crippen LogP contribution < -0.4 is 10.5 Å². The van der Waals surface area contributed by atoms with Crippen molar-refractivity contribution < 1.29 is 18.8 Å². The lowest BCUT2D eigenvalue weighted by Gasteiger charge is -2.36. The molecule has 0 saturated carbocycles. The standard InChI is InChI=1S/C29H37N3O3/c1-22(2)29(21-30,24-10-5-4-6-11-24)18-8-7-13-27(33)32(19-9-12-26(32)28(31)34)20-23-14-16-25(35-3)17-15-23/h4-6,10-11,14-17,22,26H,7-9,12-13,18-20H2,1-3H3,(H-,31,34)/p+1/t26?,29-,32+/m0/s1. The molecule has 1 unspecified atom stereocenters. The Morgan fingerprint density at radius 2 is 1.83 bits per heavy atom. The number of ether oxygens (including phenoxy) is 1. The van der Waals surface area contributed by atoms with Gasteiger partial charge < -0.3 is 10.5 Å². The van der Waals surface area contributed by atoms with Crippen LogP contribution >= 0.6 is 0 Å². The molecule has 2 aromatic rings. The lowest BCUT2D eigenvalue weighted by atomic mass is 9.69. The highest BCUT2D eigenvalue weighted by Gasteiger charge is 2.50. The average Bonchev–Trinajstić information content (AvgIpc) is 3.30. The van der Waals surface area contributed by atoms with Crippen LogP contribution in [0.4, 0.5) is 0 Å². The average molecular weight is 477 g/mol. The van der Waals surface area contributed by atoms with Gasteiger partial charge in [0, 0.05) is 18.4 Å². The normalized spacial score (nSPS) is 21.3. The Hall–Kier alpha value is -3.17. The second kappa shape index (κ2) is 11.5. The number of likely N-dealkylation sites (tertiary alicyclic amines) is 1. The van der Waals surface area contributed by atoms with Gasteiger partial charge in [-0.25, -0.2) is 9.28 Å². The molecule has 0 aliphatic carbocycles. The zero-order valence-corrected chi connectivity index (χ0v) is 21.2. The molecule has 0 radical (unpaired) electrons. The minimum atomic E-state index is -0.580. The summed E-state index contributed by atoms with van der Waals surface area (Å²) >= 11 is 0. The number of hydrogen-bond acceptors (Lipinski definition) is 4. The predicted octanol–water partition coefficient (Wildman–Crippen LogP) is 4.86. The number of quaternary nitrogens is 1. The quantitative estimate of drug-likeness (QED) is 0.370. The molecule has 0 spiro atoms. The van der Waals surface area contributed by atoms with Crippen molar-refractivity contribution in [3.63, 3.8) is 0 Å². The number of unbranched alkanes of at least 4 members (excludes halogenated alkanes) is 1. The fourth-order valence-corrected chi connectivity index (χ4v) is 5.64. The third-order valence-corrected chi connectivity index (χ3v) is 7.77. The van der Waals surface area contributed by atoms with E-state index in [1.807, 2.05) is 54.6 Å². The Bertz CT molecular complexity index is 1050. The summed E-state index contributed by atoms with van der Waals surface area (Å²) in [5.74, 6) is 0.562. The van der Waals surface area contributed by atoms with Gasteiger partial charge in [0.25, 0.3) is 5.91 Å². The van der Waals surface area contributed by atoms with E-state index in [2.05, 4.69) is 19.9 Å². The zero-order chi connectivity index (χ0) is 25.5. The van der Waals surface area contributed by atoms with E-state index in [0.717, 1.165) is 29.7 Å². The molecule has 3 rings (SSSR count). The van der Waals surface area contributed by atoms with Crippen molar-refractivity contribution in [2.75, 3.05) is 13.7 Å². The molecule has 2 amide bonds. The summed E-state index contributed by atoms with van der Waals surface area (Å²) in [6, 6.07) is 19.7. The number of methoxy groups -OCH3 is 1. The molecule has 6 heteroatoms. The van der Waals surface area contributed by atoms with Gasteiger partial charge in [0.05, 0.1) is 31.6 Å². The molecule has 186 valence electrons. The smallest absolute Gasteiger partial charge is 0.314 e. The molecule has 3 atom stereocenters. The van der Waals surface area contributed by atoms with Crippen LogP contribution in [0.5, 0.6) is 5.75 Å². The van der Waals surface area contributed by atoms with Crippen LogP contribution in [0.3, 0.4) is 0 Å². The van der Waals surface area contributed by atoms with Crippen LogP contribution in [0.2, 0.25) is 0 Å². The van der Waals surface area contributed by atoms with Gasteiger partial charge in [-0.2, -0.15) is 5.26 Å². The van der Waals surface area contributed by atoms with Crippen molar-refractivity contribution in [2.24, 2.45) is 11.7 Å². The number of hydrogen-bond donors (Lipinski definition) is 1. The second-order valence-corrected chi connectivity index (χ2v) is 10.0. The molecule has 2 aromatic carbocycles. The van der Waals surface area contributed by atoms with E-state index in [1.165, 1.54) is 0 Å². The highest BCUT2D eigenvalue weighted by atomic mass is 16.5. The van der Waals surface area contributed by atoms with Gasteiger partial charge in [-0.15, -0.1) is 0 Å². The first kappa shape index (κ1) is 26.4. The van der Waals surface area contributed by atoms with Gasteiger partial charge in [-0.3, -0.25) is 4.79 Å². The summed E-state index contributed by atoms with van der Waals surface area (Å²) in [7, 11) is 1.62. The van der Waals surface area contributed by atoms with E-state index in [-0.39, 0.29) is 16.3 Å². The number of nitriles is 1. The van der Waals surface area contributed by atoms with Crippen LogP contribution in [0.25, 0.3) is 0 Å². The molecule has 35 heavy (non-hydrogen) atoms. The summed E-state index contributed by atoms with van der Waals surface area (Å²) in [6.07, 6.45) is 3.93. The number of nitrogens with zero attached hydrogens (tertiary/aromatic N) is 2. The van der Waals surface area contributed by atoms with Gasteiger partial charge in [0.15, 0.2) is 6.04 Å². The molecule has 1 heterocycles. The SMILES string of the molecule is COc1ccc(C[N@+]2(C(=O)CCCC[C@@](C#N)(c3ccccc3)C(C)C)CCCC2C(N)=O)cc1. The van der Waals surface area contributed by atoms with Gasteiger partial charge in [-0.05, 0) is 48.6 Å². The summed E-state index contributed by atoms with van der Waals surface area (Å²) in [5, 5.41) is 10.1. The Balaban J connectivity index is 1.73. The highest BCUT2D eigenvalue weighted by Crippen LogP contribution is 2.38. The fourth-order valence-electron chi connectivity index (χ4n) is 5.64. The molecule has 6 nitrogen and oxygen atoms in total. The van der Waals surface area contributed by atoms with E-state index >= 15 is 0 Å². The van der Waals surface area contributed by atoms with Gasteiger partial charge in [0.1, 0.15) is 12.3 Å². The number of amides is 2. The molecule has 1 saturated heterocycles. The molecule has 1 fully saturated rings. The van der Waals surface area contributed by atoms with E-state index in [9.17, 15) is 14.9 Å². The first-order chi connectivity index (χ1) is 16.8. The van der Waals surface area contributed by atoms with E-state index < -0.39 is 17.4 Å². The third kappa shape index (κ3) is 5.57. The molecular weight excluding hydrogens is 438 g/mol. The predicted molar refractivity (Wildman–Crippen MR) is 136 cm³/mol. The Morgan fingerprint density at radius 1 is 1.14 bits per heavy atom. The van der Waals surface area contributed by atoms with Crippen molar-refractivity contribution in [2.45, 2.75) is 70.4 Å². The monoisotopic (exact) mass is 476 g/mol. The van der Waals surface area contributed by atoms with E-state index in [1.54, 1.807) is 7.11 Å². The largest absolute Gasteiger partial charge is 0.497 e. The Morgan fingerprint density at radius 3 is 2.40 bits per heavy atom. The van der Waals surface area contributed by atoms with E-state index in [0.29, 0.717) is 38.8 Å². The highest BCUT2D eigenvalue weighted by molar-refractivity contribution is 5.82. The summed E-state index contributed by atoms with van der Waals surface area (Å²) in [5.41, 5.74) is 7.21. The van der Waals surface area contributed by atoms with Crippen LogP contribution in [0, 0.1) is 17.2 Å². The summed E-state index contributed by atoms with van der Waals surface area (Å²) < 4.78 is 5.34. The first-order valence-electron chi connectivity index (χ1n) is 12.6. The molecule has 0 bridgehead atoms. The molecule has 1 aliphatic heterocycles. The van der Waals surface area contributed by atoms with Crippen molar-refractivity contribution in [1.29, 1.82) is 5.26 Å². The van der Waals surface area contributed by atoms with Gasteiger partial charge in [-0.1, -0.05) is 50.6 Å². The third-order valence-electron chi connectivity index (χ3n) is 7.77. The van der Waals surface area contributed by atoms with Crippen molar-refractivity contribution in [1.82, 2.24) is 0 Å². The molecule has 1 aliphatic rings. The Kier molecular flexibility index (Phi) is 8.69. The number of carbonyl (C=O) groups is 2. The lowest BCUT2D eigenvalue weighted by Crippen LogP contribution is -2.59. The first-order valence-corrected chi connectivity index (χ1v) is 12.6. The van der Waals surface area contributed by atoms with E-state index in [4.69, 9.17) is 10.5 Å². The van der Waals surface area contributed by atoms with Gasteiger partial charge >= 0.3 is 5.91 Å². The van der Waals surface area contributed by atoms with Crippen molar-refractivity contribution in [3.05, 3.63) is 65.7 Å². The maximum atomic E-state index is 13.7. The summed E-state index contributed by atoms with van der Waals surface area (Å²) in [6.45, 7) is 5.24.